The van der Waals surface area contributed by atoms with Crippen molar-refractivity contribution in [2.45, 2.75) is 39.5 Å². The SMILES string of the molecule is CCNC(=O)C[C@@H]1N=C(c2ccc(Cl)cc2)c2cc(OCc3ccc(CN)cc3)ccc2-n2c(C)nnc21. The Morgan fingerprint density at radius 1 is 1.05 bits per heavy atom. The van der Waals surface area contributed by atoms with E-state index in [1.807, 2.05) is 85.1 Å². The minimum Gasteiger partial charge on any atom is -0.489 e. The summed E-state index contributed by atoms with van der Waals surface area (Å²) in [5.74, 6) is 1.93. The second-order valence-electron chi connectivity index (χ2n) is 9.09. The number of aromatic nitrogens is 3. The number of halogens is 1. The summed E-state index contributed by atoms with van der Waals surface area (Å²) in [6.07, 6.45) is 0.152. The first-order valence-corrected chi connectivity index (χ1v) is 12.9. The van der Waals surface area contributed by atoms with Gasteiger partial charge in [-0.2, -0.15) is 0 Å². The molecule has 0 fully saturated rings. The van der Waals surface area contributed by atoms with Gasteiger partial charge in [0.2, 0.25) is 5.91 Å². The maximum Gasteiger partial charge on any atom is 0.222 e. The quantitative estimate of drug-likeness (QED) is 0.345. The topological polar surface area (TPSA) is 107 Å². The molecule has 1 aliphatic rings. The van der Waals surface area contributed by atoms with Crippen LogP contribution in [0.1, 0.15) is 53.3 Å². The number of rotatable bonds is 8. The number of carbonyl (C=O) groups excluding carboxylic acids is 1. The van der Waals surface area contributed by atoms with Crippen molar-refractivity contribution >= 4 is 23.2 Å². The van der Waals surface area contributed by atoms with Crippen molar-refractivity contribution < 1.29 is 9.53 Å². The third-order valence-electron chi connectivity index (χ3n) is 6.43. The van der Waals surface area contributed by atoms with E-state index in [0.29, 0.717) is 42.1 Å². The summed E-state index contributed by atoms with van der Waals surface area (Å²) in [6.45, 7) is 5.25. The second kappa shape index (κ2) is 11.2. The number of benzene rings is 3. The molecule has 0 unspecified atom stereocenters. The van der Waals surface area contributed by atoms with E-state index in [1.165, 1.54) is 0 Å². The van der Waals surface area contributed by atoms with E-state index in [0.717, 1.165) is 33.7 Å². The van der Waals surface area contributed by atoms with Crippen LogP contribution in [0.15, 0.2) is 71.7 Å². The second-order valence-corrected chi connectivity index (χ2v) is 9.52. The van der Waals surface area contributed by atoms with Crippen molar-refractivity contribution in [3.05, 3.63) is 106 Å². The van der Waals surface area contributed by atoms with Gasteiger partial charge in [0.25, 0.3) is 0 Å². The van der Waals surface area contributed by atoms with E-state index in [2.05, 4.69) is 15.5 Å². The molecule has 8 nitrogen and oxygen atoms in total. The molecule has 0 radical (unpaired) electrons. The lowest BCUT2D eigenvalue weighted by Crippen LogP contribution is -2.25. The third-order valence-corrected chi connectivity index (χ3v) is 6.68. The molecule has 1 amide bonds. The van der Waals surface area contributed by atoms with Crippen LogP contribution < -0.4 is 15.8 Å². The first kappa shape index (κ1) is 25.6. The van der Waals surface area contributed by atoms with Crippen molar-refractivity contribution in [2.75, 3.05) is 6.54 Å². The summed E-state index contributed by atoms with van der Waals surface area (Å²) in [5, 5.41) is 12.3. The number of amides is 1. The summed E-state index contributed by atoms with van der Waals surface area (Å²) in [4.78, 5) is 17.7. The van der Waals surface area contributed by atoms with Gasteiger partial charge < -0.3 is 15.8 Å². The number of aryl methyl sites for hydroxylation is 1. The molecule has 3 N–H and O–H groups in total. The molecule has 1 aromatic heterocycles. The van der Waals surface area contributed by atoms with Gasteiger partial charge in [0.15, 0.2) is 5.82 Å². The normalized spacial score (nSPS) is 14.2. The lowest BCUT2D eigenvalue weighted by atomic mass is 10.00. The van der Waals surface area contributed by atoms with Crippen molar-refractivity contribution in [3.63, 3.8) is 0 Å². The Kier molecular flexibility index (Phi) is 7.53. The van der Waals surface area contributed by atoms with Crippen LogP contribution in [0, 0.1) is 6.92 Å². The number of nitrogens with two attached hydrogens (primary N) is 1. The fourth-order valence-corrected chi connectivity index (χ4v) is 4.65. The number of carbonyl (C=O) groups is 1. The fraction of sp³-hybridized carbons (Fsp3) is 0.241. The predicted octanol–water partition coefficient (Wildman–Crippen LogP) is 4.69. The van der Waals surface area contributed by atoms with Gasteiger partial charge in [-0.25, -0.2) is 0 Å². The van der Waals surface area contributed by atoms with Crippen LogP contribution in [0.4, 0.5) is 0 Å². The molecule has 0 saturated carbocycles. The van der Waals surface area contributed by atoms with Gasteiger partial charge in [0, 0.05) is 29.2 Å². The highest BCUT2D eigenvalue weighted by atomic mass is 35.5. The Morgan fingerprint density at radius 3 is 2.50 bits per heavy atom. The minimum absolute atomic E-state index is 0.0976. The number of hydrogen-bond acceptors (Lipinski definition) is 6. The Labute approximate surface area is 226 Å². The van der Waals surface area contributed by atoms with Gasteiger partial charge in [0.1, 0.15) is 24.2 Å². The summed E-state index contributed by atoms with van der Waals surface area (Å²) >= 11 is 6.19. The molecule has 1 aliphatic heterocycles. The first-order valence-electron chi connectivity index (χ1n) is 12.5. The predicted molar refractivity (Wildman–Crippen MR) is 148 cm³/mol. The van der Waals surface area contributed by atoms with E-state index in [-0.39, 0.29) is 12.3 Å². The molecule has 4 aromatic rings. The molecule has 0 aliphatic carbocycles. The molecule has 194 valence electrons. The minimum atomic E-state index is -0.522. The Hall–Kier alpha value is -4.01. The molecule has 1 atom stereocenters. The van der Waals surface area contributed by atoms with Gasteiger partial charge in [-0.1, -0.05) is 48.0 Å². The number of nitrogens with zero attached hydrogens (tertiary/aromatic N) is 4. The molecular weight excluding hydrogens is 500 g/mol. The molecule has 9 heteroatoms. The third kappa shape index (κ3) is 5.32. The largest absolute Gasteiger partial charge is 0.489 e. The van der Waals surface area contributed by atoms with Crippen LogP contribution in [0.25, 0.3) is 5.69 Å². The standard InChI is InChI=1S/C29H29ClN6O2/c1-3-32-27(37)15-25-29-35-34-18(2)36(29)26-13-12-23(38-17-20-6-4-19(16-31)5-7-20)14-24(26)28(33-25)21-8-10-22(30)11-9-21/h4-14,25H,3,15-17,31H2,1-2H3,(H,32,37)/t25-/m0/s1. The Balaban J connectivity index is 1.58. The molecule has 5 rings (SSSR count). The zero-order chi connectivity index (χ0) is 26.6. The lowest BCUT2D eigenvalue weighted by molar-refractivity contribution is -0.121. The lowest BCUT2D eigenvalue weighted by Gasteiger charge is -2.15. The average molecular weight is 529 g/mol. The molecule has 3 aromatic carbocycles. The maximum absolute atomic E-state index is 12.6. The summed E-state index contributed by atoms with van der Waals surface area (Å²) in [7, 11) is 0. The maximum atomic E-state index is 12.6. The van der Waals surface area contributed by atoms with Gasteiger partial charge in [-0.05, 0) is 55.3 Å². The van der Waals surface area contributed by atoms with Crippen LogP contribution in [-0.4, -0.2) is 32.9 Å². The number of hydrogen-bond donors (Lipinski definition) is 2. The van der Waals surface area contributed by atoms with Gasteiger partial charge in [0.05, 0.1) is 17.8 Å². The van der Waals surface area contributed by atoms with Crippen molar-refractivity contribution in [2.24, 2.45) is 10.7 Å². The Bertz CT molecular complexity index is 1480. The number of nitrogens with one attached hydrogen (secondary N) is 1. The molecule has 0 bridgehead atoms. The van der Waals surface area contributed by atoms with Crippen LogP contribution in [0.2, 0.25) is 5.02 Å². The van der Waals surface area contributed by atoms with Crippen LogP contribution in [0.3, 0.4) is 0 Å². The molecule has 0 spiro atoms. The number of aliphatic imine (C=N–C) groups is 1. The van der Waals surface area contributed by atoms with Crippen molar-refractivity contribution in [3.8, 4) is 11.4 Å². The molecular formula is C29H29ClN6O2. The highest BCUT2D eigenvalue weighted by molar-refractivity contribution is 6.30. The average Bonchev–Trinajstić information content (AvgIpc) is 3.25. The molecule has 0 saturated heterocycles. The number of fused-ring (bicyclic) bond motifs is 3. The zero-order valence-corrected chi connectivity index (χ0v) is 22.1. The Morgan fingerprint density at radius 2 is 1.79 bits per heavy atom. The summed E-state index contributed by atoms with van der Waals surface area (Å²) in [5.41, 5.74) is 11.2. The highest BCUT2D eigenvalue weighted by Crippen LogP contribution is 2.34. The number of ether oxygens (including phenoxy) is 1. The highest BCUT2D eigenvalue weighted by Gasteiger charge is 2.30. The van der Waals surface area contributed by atoms with Gasteiger partial charge in [-0.15, -0.1) is 10.2 Å². The van der Waals surface area contributed by atoms with Crippen LogP contribution in [-0.2, 0) is 17.9 Å². The monoisotopic (exact) mass is 528 g/mol. The molecule has 38 heavy (non-hydrogen) atoms. The van der Waals surface area contributed by atoms with Crippen LogP contribution in [0.5, 0.6) is 5.75 Å². The first-order chi connectivity index (χ1) is 18.5. The van der Waals surface area contributed by atoms with E-state index in [1.54, 1.807) is 0 Å². The zero-order valence-electron chi connectivity index (χ0n) is 21.3. The van der Waals surface area contributed by atoms with E-state index < -0.39 is 6.04 Å². The fourth-order valence-electron chi connectivity index (χ4n) is 4.52. The van der Waals surface area contributed by atoms with Crippen molar-refractivity contribution in [1.82, 2.24) is 20.1 Å². The van der Waals surface area contributed by atoms with Crippen LogP contribution >= 0.6 is 11.6 Å². The summed E-state index contributed by atoms with van der Waals surface area (Å²) < 4.78 is 8.16. The smallest absolute Gasteiger partial charge is 0.222 e. The van der Waals surface area contributed by atoms with Gasteiger partial charge in [-0.3, -0.25) is 14.4 Å². The van der Waals surface area contributed by atoms with E-state index >= 15 is 0 Å². The molecule has 2 heterocycles. The van der Waals surface area contributed by atoms with Crippen molar-refractivity contribution in [1.29, 1.82) is 0 Å². The van der Waals surface area contributed by atoms with E-state index in [4.69, 9.17) is 27.1 Å². The summed E-state index contributed by atoms with van der Waals surface area (Å²) in [6, 6.07) is 21.0. The van der Waals surface area contributed by atoms with E-state index in [9.17, 15) is 4.79 Å². The van der Waals surface area contributed by atoms with Gasteiger partial charge >= 0.3 is 0 Å².